The fraction of sp³-hybridized carbons (Fsp3) is 0.136. The molecule has 0 aliphatic carbocycles. The van der Waals surface area contributed by atoms with Crippen molar-refractivity contribution in [2.75, 3.05) is 25.6 Å². The van der Waals surface area contributed by atoms with Crippen molar-refractivity contribution in [3.8, 4) is 23.8 Å². The highest BCUT2D eigenvalue weighted by Gasteiger charge is 2.12. The number of nitrogens with zero attached hydrogens (tertiary/aromatic N) is 1. The van der Waals surface area contributed by atoms with E-state index < -0.39 is 11.2 Å². The van der Waals surface area contributed by atoms with Gasteiger partial charge >= 0.3 is 0 Å². The van der Waals surface area contributed by atoms with Gasteiger partial charge in [0.1, 0.15) is 17.9 Å². The van der Waals surface area contributed by atoms with E-state index in [0.717, 1.165) is 11.3 Å². The van der Waals surface area contributed by atoms with Gasteiger partial charge in [-0.2, -0.15) is 0 Å². The molecule has 0 unspecified atom stereocenters. The van der Waals surface area contributed by atoms with E-state index in [0.29, 0.717) is 11.3 Å². The topological polar surface area (TPSA) is 62.9 Å². The average molecular weight is 361 g/mol. The predicted octanol–water partition coefficient (Wildman–Crippen LogP) is 3.75. The molecule has 0 aliphatic heterocycles. The van der Waals surface area contributed by atoms with E-state index in [2.05, 4.69) is 5.92 Å². The Labute approximate surface area is 157 Å². The summed E-state index contributed by atoms with van der Waals surface area (Å²) >= 11 is 0. The van der Waals surface area contributed by atoms with Gasteiger partial charge in [-0.15, -0.1) is 6.42 Å². The summed E-state index contributed by atoms with van der Waals surface area (Å²) in [4.78, 5) is 14.4. The Morgan fingerprint density at radius 2 is 1.93 bits per heavy atom. The van der Waals surface area contributed by atoms with Crippen LogP contribution >= 0.6 is 0 Å². The molecule has 3 rings (SSSR count). The highest BCUT2D eigenvalue weighted by atomic mass is 16.5. The largest absolute Gasteiger partial charge is 0.502 e. The number of rotatable bonds is 5. The zero-order valence-corrected chi connectivity index (χ0v) is 15.1. The van der Waals surface area contributed by atoms with Gasteiger partial charge < -0.3 is 19.2 Å². The second kappa shape index (κ2) is 7.71. The van der Waals surface area contributed by atoms with Crippen molar-refractivity contribution >= 4 is 28.8 Å². The van der Waals surface area contributed by atoms with Crippen LogP contribution in [-0.4, -0.2) is 25.8 Å². The molecule has 27 heavy (non-hydrogen) atoms. The van der Waals surface area contributed by atoms with Crippen molar-refractivity contribution in [1.29, 1.82) is 0 Å². The smallest absolute Gasteiger partial charge is 0.235 e. The number of ether oxygens (including phenoxy) is 1. The van der Waals surface area contributed by atoms with Gasteiger partial charge in [0.2, 0.25) is 11.2 Å². The molecule has 0 saturated heterocycles. The molecule has 3 aromatic rings. The van der Waals surface area contributed by atoms with Gasteiger partial charge in [-0.25, -0.2) is 0 Å². The molecule has 1 aromatic heterocycles. The van der Waals surface area contributed by atoms with Crippen LogP contribution in [0.1, 0.15) is 11.3 Å². The van der Waals surface area contributed by atoms with Gasteiger partial charge in [-0.05, 0) is 35.9 Å². The minimum atomic E-state index is -0.498. The molecule has 0 atom stereocenters. The van der Waals surface area contributed by atoms with Crippen molar-refractivity contribution in [3.05, 3.63) is 64.0 Å². The maximum absolute atomic E-state index is 12.4. The minimum absolute atomic E-state index is 0.0817. The summed E-state index contributed by atoms with van der Waals surface area (Å²) in [5, 5.41) is 10.5. The third-order valence-corrected chi connectivity index (χ3v) is 4.02. The summed E-state index contributed by atoms with van der Waals surface area (Å²) < 4.78 is 11.1. The normalized spacial score (nSPS) is 10.9. The highest BCUT2D eigenvalue weighted by Crippen LogP contribution is 2.25. The molecule has 0 fully saturated rings. The van der Waals surface area contributed by atoms with E-state index in [1.165, 1.54) is 0 Å². The molecule has 5 heteroatoms. The lowest BCUT2D eigenvalue weighted by molar-refractivity contribution is 0.370. The van der Waals surface area contributed by atoms with E-state index in [4.69, 9.17) is 15.6 Å². The lowest BCUT2D eigenvalue weighted by Gasteiger charge is -2.11. The zero-order valence-electron chi connectivity index (χ0n) is 15.1. The van der Waals surface area contributed by atoms with Gasteiger partial charge in [-0.1, -0.05) is 24.1 Å². The molecule has 0 radical (unpaired) electrons. The summed E-state index contributed by atoms with van der Waals surface area (Å²) in [6, 6.07) is 12.6. The third kappa shape index (κ3) is 3.96. The first-order chi connectivity index (χ1) is 13.0. The van der Waals surface area contributed by atoms with Crippen LogP contribution < -0.4 is 15.1 Å². The van der Waals surface area contributed by atoms with Gasteiger partial charge in [0.15, 0.2) is 5.76 Å². The molecule has 2 aromatic carbocycles. The summed E-state index contributed by atoms with van der Waals surface area (Å²) in [7, 11) is 3.93. The van der Waals surface area contributed by atoms with Crippen LogP contribution in [0.4, 0.5) is 5.69 Å². The lowest BCUT2D eigenvalue weighted by atomic mass is 10.1. The molecular formula is C22H19NO4. The van der Waals surface area contributed by atoms with Crippen molar-refractivity contribution < 1.29 is 14.3 Å². The van der Waals surface area contributed by atoms with Crippen molar-refractivity contribution in [3.63, 3.8) is 0 Å². The Bertz CT molecular complexity index is 1090. The Hall–Kier alpha value is -3.65. The number of benzene rings is 2. The van der Waals surface area contributed by atoms with E-state index in [-0.39, 0.29) is 17.8 Å². The second-order valence-electron chi connectivity index (χ2n) is 6.11. The highest BCUT2D eigenvalue weighted by molar-refractivity contribution is 5.82. The fourth-order valence-corrected chi connectivity index (χ4v) is 2.56. The van der Waals surface area contributed by atoms with E-state index in [1.54, 1.807) is 30.4 Å². The Balaban J connectivity index is 1.96. The predicted molar refractivity (Wildman–Crippen MR) is 108 cm³/mol. The van der Waals surface area contributed by atoms with Gasteiger partial charge in [0.25, 0.3) is 0 Å². The number of aromatic hydroxyl groups is 1. The number of fused-ring (bicyclic) bond motifs is 1. The minimum Gasteiger partial charge on any atom is -0.502 e. The molecule has 1 heterocycles. The quantitative estimate of drug-likeness (QED) is 0.701. The standard InChI is InChI=1S/C22H19NO4/c1-4-13-26-17-10-11-18-20(14-17)27-19(22(25)21(18)24)12-7-15-5-8-16(9-6-15)23(2)3/h1,5-12,14,25H,13H2,2-3H3/b12-7+. The first-order valence-electron chi connectivity index (χ1n) is 8.31. The fourth-order valence-electron chi connectivity index (χ4n) is 2.56. The summed E-state index contributed by atoms with van der Waals surface area (Å²) in [5.41, 5.74) is 1.80. The molecule has 0 aliphatic rings. The van der Waals surface area contributed by atoms with Crippen molar-refractivity contribution in [2.45, 2.75) is 0 Å². The van der Waals surface area contributed by atoms with Gasteiger partial charge in [0, 0.05) is 25.8 Å². The van der Waals surface area contributed by atoms with Crippen LogP contribution in [0.25, 0.3) is 23.1 Å². The number of terminal acetylenes is 1. The van der Waals surface area contributed by atoms with Crippen LogP contribution in [0.2, 0.25) is 0 Å². The second-order valence-corrected chi connectivity index (χ2v) is 6.11. The molecule has 0 bridgehead atoms. The van der Waals surface area contributed by atoms with Gasteiger partial charge in [0.05, 0.1) is 5.39 Å². The Morgan fingerprint density at radius 3 is 2.59 bits per heavy atom. The maximum atomic E-state index is 12.4. The molecule has 136 valence electrons. The summed E-state index contributed by atoms with van der Waals surface area (Å²) in [5.74, 6) is 2.52. The Kier molecular flexibility index (Phi) is 5.18. The van der Waals surface area contributed by atoms with E-state index in [9.17, 15) is 9.90 Å². The van der Waals surface area contributed by atoms with Crippen molar-refractivity contribution in [2.24, 2.45) is 0 Å². The molecule has 0 amide bonds. The Morgan fingerprint density at radius 1 is 1.19 bits per heavy atom. The van der Waals surface area contributed by atoms with E-state index in [1.807, 2.05) is 43.3 Å². The SMILES string of the molecule is C#CCOc1ccc2c(=O)c(O)c(/C=C/c3ccc(N(C)C)cc3)oc2c1. The van der Waals surface area contributed by atoms with Crippen molar-refractivity contribution in [1.82, 2.24) is 0 Å². The molecule has 0 spiro atoms. The maximum Gasteiger partial charge on any atom is 0.235 e. The monoisotopic (exact) mass is 361 g/mol. The van der Waals surface area contributed by atoms with Crippen LogP contribution in [0.15, 0.2) is 51.7 Å². The summed E-state index contributed by atoms with van der Waals surface area (Å²) in [6.07, 6.45) is 8.52. The summed E-state index contributed by atoms with van der Waals surface area (Å²) in [6.45, 7) is 0.115. The molecular weight excluding hydrogens is 342 g/mol. The third-order valence-electron chi connectivity index (χ3n) is 4.02. The van der Waals surface area contributed by atoms with Crippen LogP contribution in [0.3, 0.4) is 0 Å². The lowest BCUT2D eigenvalue weighted by Crippen LogP contribution is -2.07. The van der Waals surface area contributed by atoms with E-state index >= 15 is 0 Å². The average Bonchev–Trinajstić information content (AvgIpc) is 2.68. The van der Waals surface area contributed by atoms with Crippen LogP contribution in [-0.2, 0) is 0 Å². The zero-order chi connectivity index (χ0) is 19.4. The van der Waals surface area contributed by atoms with Crippen LogP contribution in [0.5, 0.6) is 11.5 Å². The molecule has 1 N–H and O–H groups in total. The number of anilines is 1. The molecule has 0 saturated carbocycles. The van der Waals surface area contributed by atoms with Crippen LogP contribution in [0, 0.1) is 12.3 Å². The van der Waals surface area contributed by atoms with Gasteiger partial charge in [-0.3, -0.25) is 4.79 Å². The number of hydrogen-bond acceptors (Lipinski definition) is 5. The molecule has 5 nitrogen and oxygen atoms in total. The first-order valence-corrected chi connectivity index (χ1v) is 8.31. The number of hydrogen-bond donors (Lipinski definition) is 1. The first kappa shape index (κ1) is 18.2.